The lowest BCUT2D eigenvalue weighted by molar-refractivity contribution is -0.127. The second-order valence-corrected chi connectivity index (χ2v) is 12.6. The van der Waals surface area contributed by atoms with Gasteiger partial charge in [0, 0.05) is 31.5 Å². The molecule has 40 heavy (non-hydrogen) atoms. The lowest BCUT2D eigenvalue weighted by Crippen LogP contribution is -2.48. The second kappa shape index (κ2) is 12.2. The number of carbonyl (C=O) groups excluding carboxylic acids is 4. The van der Waals surface area contributed by atoms with Crippen molar-refractivity contribution >= 4 is 61.1 Å². The highest BCUT2D eigenvalue weighted by molar-refractivity contribution is 8.14. The predicted molar refractivity (Wildman–Crippen MR) is 153 cm³/mol. The van der Waals surface area contributed by atoms with Gasteiger partial charge >= 0.3 is 5.97 Å². The van der Waals surface area contributed by atoms with Crippen molar-refractivity contribution in [3.8, 4) is 0 Å². The number of esters is 1. The van der Waals surface area contributed by atoms with Crippen molar-refractivity contribution in [3.63, 3.8) is 0 Å². The van der Waals surface area contributed by atoms with E-state index in [9.17, 15) is 27.6 Å². The number of hydrogen-bond acceptors (Lipinski definition) is 8. The van der Waals surface area contributed by atoms with Crippen LogP contribution >= 0.6 is 11.8 Å². The molecular formula is C28H29N3O7S2. The lowest BCUT2D eigenvalue weighted by Gasteiger charge is -2.24. The molecule has 1 aliphatic heterocycles. The van der Waals surface area contributed by atoms with E-state index >= 15 is 0 Å². The summed E-state index contributed by atoms with van der Waals surface area (Å²) in [5.41, 5.74) is 0.818. The Kier molecular flexibility index (Phi) is 8.92. The van der Waals surface area contributed by atoms with Crippen molar-refractivity contribution in [2.24, 2.45) is 0 Å². The Balaban J connectivity index is 1.49. The fourth-order valence-electron chi connectivity index (χ4n) is 4.54. The number of ether oxygens (including phenoxy) is 1. The summed E-state index contributed by atoms with van der Waals surface area (Å²) in [4.78, 5) is 50.8. The molecule has 1 saturated heterocycles. The molecule has 0 unspecified atom stereocenters. The van der Waals surface area contributed by atoms with Gasteiger partial charge in [0.25, 0.3) is 0 Å². The molecule has 1 heterocycles. The maximum atomic E-state index is 13.7. The number of likely N-dealkylation sites (N-methyl/N-ethyl adjacent to an activating group) is 1. The van der Waals surface area contributed by atoms with E-state index in [1.165, 1.54) is 44.2 Å². The first kappa shape index (κ1) is 29.2. The monoisotopic (exact) mass is 583 g/mol. The van der Waals surface area contributed by atoms with Gasteiger partial charge < -0.3 is 15.0 Å². The second-order valence-electron chi connectivity index (χ2n) is 9.28. The van der Waals surface area contributed by atoms with E-state index in [4.69, 9.17) is 0 Å². The Bertz CT molecular complexity index is 1560. The molecule has 1 N–H and O–H groups in total. The zero-order valence-corrected chi connectivity index (χ0v) is 23.8. The summed E-state index contributed by atoms with van der Waals surface area (Å²) in [5, 5.41) is 3.60. The van der Waals surface area contributed by atoms with Gasteiger partial charge in [0.2, 0.25) is 21.8 Å². The summed E-state index contributed by atoms with van der Waals surface area (Å²) in [5.74, 6) is -1.58. The zero-order valence-electron chi connectivity index (χ0n) is 22.2. The summed E-state index contributed by atoms with van der Waals surface area (Å²) in [6.45, 7) is 1.00. The molecule has 1 aliphatic rings. The number of nitrogens with one attached hydrogen (secondary N) is 1. The molecule has 2 atom stereocenters. The maximum absolute atomic E-state index is 13.7. The molecule has 210 valence electrons. The number of hydrogen-bond donors (Lipinski definition) is 1. The number of methoxy groups -OCH3 is 1. The Morgan fingerprint density at radius 1 is 1.02 bits per heavy atom. The van der Waals surface area contributed by atoms with Crippen LogP contribution in [0.2, 0.25) is 0 Å². The van der Waals surface area contributed by atoms with Crippen LogP contribution in [-0.2, 0) is 29.1 Å². The summed E-state index contributed by atoms with van der Waals surface area (Å²) in [7, 11) is -1.30. The maximum Gasteiger partial charge on any atom is 0.337 e. The molecule has 12 heteroatoms. The SMILES string of the molecule is COC(=O)c1ccc(N(C)C(=O)CNC(=O)[C@@H]2C[C@@H](SC(C)=O)CN2S(=O)(=O)c2ccc3ccccc3c2)cc1. The van der Waals surface area contributed by atoms with Crippen LogP contribution in [0.15, 0.2) is 71.6 Å². The van der Waals surface area contributed by atoms with Crippen molar-refractivity contribution in [2.75, 3.05) is 32.1 Å². The predicted octanol–water partition coefficient (Wildman–Crippen LogP) is 2.82. The summed E-state index contributed by atoms with van der Waals surface area (Å²) < 4.78 is 33.2. The van der Waals surface area contributed by atoms with Crippen LogP contribution in [0.1, 0.15) is 23.7 Å². The first-order valence-corrected chi connectivity index (χ1v) is 14.7. The molecular weight excluding hydrogens is 554 g/mol. The van der Waals surface area contributed by atoms with Gasteiger partial charge in [0.15, 0.2) is 5.12 Å². The summed E-state index contributed by atoms with van der Waals surface area (Å²) >= 11 is 0.999. The highest BCUT2D eigenvalue weighted by Crippen LogP contribution is 2.33. The van der Waals surface area contributed by atoms with Gasteiger partial charge in [-0.2, -0.15) is 4.31 Å². The highest BCUT2D eigenvalue weighted by atomic mass is 32.2. The van der Waals surface area contributed by atoms with E-state index in [-0.39, 0.29) is 29.5 Å². The van der Waals surface area contributed by atoms with Gasteiger partial charge in [0.05, 0.1) is 24.1 Å². The third kappa shape index (κ3) is 6.35. The van der Waals surface area contributed by atoms with E-state index in [1.54, 1.807) is 24.3 Å². The molecule has 4 rings (SSSR count). The number of amides is 2. The van der Waals surface area contributed by atoms with Crippen molar-refractivity contribution in [1.29, 1.82) is 0 Å². The number of nitrogens with zero attached hydrogens (tertiary/aromatic N) is 2. The Morgan fingerprint density at radius 2 is 1.70 bits per heavy atom. The highest BCUT2D eigenvalue weighted by Gasteiger charge is 2.44. The molecule has 0 saturated carbocycles. The summed E-state index contributed by atoms with van der Waals surface area (Å²) in [6, 6.07) is 17.2. The molecule has 10 nitrogen and oxygen atoms in total. The number of thioether (sulfide) groups is 1. The molecule has 0 aromatic heterocycles. The quantitative estimate of drug-likeness (QED) is 0.401. The first-order valence-electron chi connectivity index (χ1n) is 12.4. The lowest BCUT2D eigenvalue weighted by atomic mass is 10.1. The van der Waals surface area contributed by atoms with Crippen LogP contribution in [0, 0.1) is 0 Å². The number of carbonyl (C=O) groups is 4. The van der Waals surface area contributed by atoms with E-state index in [0.29, 0.717) is 11.3 Å². The number of benzene rings is 3. The minimum absolute atomic E-state index is 0.0160. The number of rotatable bonds is 8. The molecule has 2 amide bonds. The minimum atomic E-state index is -4.09. The molecule has 0 bridgehead atoms. The van der Waals surface area contributed by atoms with Crippen LogP contribution in [0.3, 0.4) is 0 Å². The number of anilines is 1. The van der Waals surface area contributed by atoms with Gasteiger partial charge in [-0.25, -0.2) is 13.2 Å². The topological polar surface area (TPSA) is 130 Å². The third-order valence-corrected chi connectivity index (χ3v) is 9.52. The van der Waals surface area contributed by atoms with Gasteiger partial charge in [-0.15, -0.1) is 0 Å². The normalized spacial score (nSPS) is 17.4. The van der Waals surface area contributed by atoms with Gasteiger partial charge in [0.1, 0.15) is 6.04 Å². The van der Waals surface area contributed by atoms with E-state index in [0.717, 1.165) is 26.8 Å². The Morgan fingerprint density at radius 3 is 2.35 bits per heavy atom. The van der Waals surface area contributed by atoms with Crippen LogP contribution in [0.25, 0.3) is 10.8 Å². The van der Waals surface area contributed by atoms with Gasteiger partial charge in [-0.3, -0.25) is 14.4 Å². The van der Waals surface area contributed by atoms with Gasteiger partial charge in [-0.1, -0.05) is 42.1 Å². The fraction of sp³-hybridized carbons (Fsp3) is 0.286. The van der Waals surface area contributed by atoms with Crippen molar-refractivity contribution in [1.82, 2.24) is 9.62 Å². The molecule has 0 aliphatic carbocycles. The van der Waals surface area contributed by atoms with Crippen molar-refractivity contribution < 1.29 is 32.3 Å². The van der Waals surface area contributed by atoms with Gasteiger partial charge in [-0.05, 0) is 53.6 Å². The molecule has 0 radical (unpaired) electrons. The Labute approximate surface area is 236 Å². The molecule has 3 aromatic carbocycles. The molecule has 1 fully saturated rings. The van der Waals surface area contributed by atoms with Crippen LogP contribution < -0.4 is 10.2 Å². The van der Waals surface area contributed by atoms with Crippen molar-refractivity contribution in [2.45, 2.75) is 29.5 Å². The van der Waals surface area contributed by atoms with Crippen LogP contribution in [0.4, 0.5) is 5.69 Å². The number of sulfonamides is 1. The summed E-state index contributed by atoms with van der Waals surface area (Å²) in [6.07, 6.45) is 0.127. The molecule has 3 aromatic rings. The van der Waals surface area contributed by atoms with Crippen LogP contribution in [-0.4, -0.2) is 74.2 Å². The first-order chi connectivity index (χ1) is 19.0. The smallest absolute Gasteiger partial charge is 0.337 e. The zero-order chi connectivity index (χ0) is 29.0. The standard InChI is InChI=1S/C28H29N3O7S2/c1-18(32)39-23-15-25(31(17-23)40(36,37)24-13-10-19-6-4-5-7-21(19)14-24)27(34)29-16-26(33)30(2)22-11-8-20(9-12-22)28(35)38-3/h4-14,23,25H,15-17H2,1-3H3,(H,29,34)/t23-,25+/m1/s1. The third-order valence-electron chi connectivity index (χ3n) is 6.64. The minimum Gasteiger partial charge on any atom is -0.465 e. The van der Waals surface area contributed by atoms with Crippen molar-refractivity contribution in [3.05, 3.63) is 72.3 Å². The largest absolute Gasteiger partial charge is 0.465 e. The van der Waals surface area contributed by atoms with E-state index in [1.807, 2.05) is 24.3 Å². The number of fused-ring (bicyclic) bond motifs is 1. The molecule has 0 spiro atoms. The fourth-order valence-corrected chi connectivity index (χ4v) is 7.30. The van der Waals surface area contributed by atoms with Crippen LogP contribution in [0.5, 0.6) is 0 Å². The average molecular weight is 584 g/mol. The average Bonchev–Trinajstić information content (AvgIpc) is 3.38. The van der Waals surface area contributed by atoms with E-state index in [2.05, 4.69) is 10.1 Å². The van der Waals surface area contributed by atoms with E-state index < -0.39 is 39.1 Å². The Hall–Kier alpha value is -3.74.